The summed E-state index contributed by atoms with van der Waals surface area (Å²) in [5.74, 6) is -1.99. The maximum Gasteiger partial charge on any atom is 0.341 e. The zero-order valence-corrected chi connectivity index (χ0v) is 14.1. The lowest BCUT2D eigenvalue weighted by molar-refractivity contribution is 0.0695. The number of hydrogen-bond acceptors (Lipinski definition) is 4. The summed E-state index contributed by atoms with van der Waals surface area (Å²) < 4.78 is 16.5. The Kier molecular flexibility index (Phi) is 3.73. The first kappa shape index (κ1) is 16.4. The predicted molar refractivity (Wildman–Crippen MR) is 93.0 cm³/mol. The number of halogens is 2. The maximum absolute atomic E-state index is 14.8. The summed E-state index contributed by atoms with van der Waals surface area (Å²) in [4.78, 5) is 25.6. The van der Waals surface area contributed by atoms with E-state index in [1.807, 2.05) is 0 Å². The van der Waals surface area contributed by atoms with Gasteiger partial charge in [-0.1, -0.05) is 11.6 Å². The van der Waals surface area contributed by atoms with E-state index in [4.69, 9.17) is 17.3 Å². The van der Waals surface area contributed by atoms with E-state index in [1.54, 1.807) is 9.47 Å². The fourth-order valence-electron chi connectivity index (χ4n) is 3.56. The lowest BCUT2D eigenvalue weighted by atomic mass is 10.1. The van der Waals surface area contributed by atoms with Crippen LogP contribution in [0.15, 0.2) is 17.1 Å². The second-order valence-electron chi connectivity index (χ2n) is 6.64. The van der Waals surface area contributed by atoms with Gasteiger partial charge in [0.2, 0.25) is 5.43 Å². The van der Waals surface area contributed by atoms with Gasteiger partial charge in [-0.3, -0.25) is 4.79 Å². The Hall–Kier alpha value is -2.12. The topological polar surface area (TPSA) is 88.6 Å². The normalized spacial score (nSPS) is 20.4. The summed E-state index contributed by atoms with van der Waals surface area (Å²) in [5.41, 5.74) is 5.53. The lowest BCUT2D eigenvalue weighted by Crippen LogP contribution is -2.37. The van der Waals surface area contributed by atoms with Crippen molar-refractivity contribution < 1.29 is 14.3 Å². The van der Waals surface area contributed by atoms with E-state index in [0.717, 1.165) is 31.7 Å². The molecule has 2 aliphatic rings. The molecule has 0 radical (unpaired) electrons. The van der Waals surface area contributed by atoms with E-state index in [9.17, 15) is 19.1 Å². The number of pyridine rings is 1. The number of fused-ring (bicyclic) bond motifs is 1. The van der Waals surface area contributed by atoms with Crippen LogP contribution in [0.4, 0.5) is 10.1 Å². The second kappa shape index (κ2) is 5.71. The Bertz CT molecular complexity index is 955. The number of carboxylic acid groups (broad SMARTS) is 1. The molecule has 0 spiro atoms. The molecule has 3 N–H and O–H groups in total. The molecular formula is C17H17ClFN3O3. The van der Waals surface area contributed by atoms with Gasteiger partial charge < -0.3 is 20.3 Å². The van der Waals surface area contributed by atoms with Crippen LogP contribution >= 0.6 is 11.6 Å². The Morgan fingerprint density at radius 2 is 2.08 bits per heavy atom. The van der Waals surface area contributed by atoms with E-state index < -0.39 is 17.2 Å². The Morgan fingerprint density at radius 3 is 2.64 bits per heavy atom. The number of carboxylic acids is 1. The predicted octanol–water partition coefficient (Wildman–Crippen LogP) is 2.71. The number of nitrogens with two attached hydrogens (primary N) is 1. The summed E-state index contributed by atoms with van der Waals surface area (Å²) in [6, 6.07) is 1.17. The quantitative estimate of drug-likeness (QED) is 0.873. The highest BCUT2D eigenvalue weighted by Crippen LogP contribution is 2.43. The third-order valence-electron chi connectivity index (χ3n) is 4.94. The zero-order valence-electron chi connectivity index (χ0n) is 13.3. The minimum absolute atomic E-state index is 0.00850. The summed E-state index contributed by atoms with van der Waals surface area (Å²) in [7, 11) is 0. The average Bonchev–Trinajstić information content (AvgIpc) is 3.31. The molecule has 1 aromatic carbocycles. The molecule has 4 rings (SSSR count). The number of carbonyl (C=O) groups is 1. The molecule has 0 bridgehead atoms. The summed E-state index contributed by atoms with van der Waals surface area (Å²) in [5, 5.41) is 9.40. The highest BCUT2D eigenvalue weighted by atomic mass is 35.5. The van der Waals surface area contributed by atoms with Crippen molar-refractivity contribution in [2.24, 2.45) is 5.73 Å². The van der Waals surface area contributed by atoms with Gasteiger partial charge in [-0.2, -0.15) is 0 Å². The maximum atomic E-state index is 14.8. The minimum atomic E-state index is -1.33. The number of anilines is 1. The van der Waals surface area contributed by atoms with Crippen molar-refractivity contribution in [2.45, 2.75) is 37.9 Å². The number of hydrogen-bond donors (Lipinski definition) is 2. The zero-order chi connectivity index (χ0) is 17.9. The standard InChI is InChI=1S/C17H17ClFN3O3/c18-13-14-9(6-11(19)15(13)21-5-1-2-12(21)20)16(23)10(17(24)25)7-22(14)8-3-4-8/h6-8,12H,1-5,20H2,(H,24,25). The van der Waals surface area contributed by atoms with Crippen molar-refractivity contribution >= 4 is 34.2 Å². The number of rotatable bonds is 3. The van der Waals surface area contributed by atoms with Crippen LogP contribution in [0.5, 0.6) is 0 Å². The molecule has 25 heavy (non-hydrogen) atoms. The molecule has 2 heterocycles. The van der Waals surface area contributed by atoms with Gasteiger partial charge in [0.1, 0.15) is 11.4 Å². The molecule has 1 saturated carbocycles. The first-order chi connectivity index (χ1) is 11.9. The highest BCUT2D eigenvalue weighted by molar-refractivity contribution is 6.38. The molecule has 8 heteroatoms. The Balaban J connectivity index is 2.06. The number of aromatic carboxylic acids is 1. The summed E-state index contributed by atoms with van der Waals surface area (Å²) in [6.07, 6.45) is 4.29. The van der Waals surface area contributed by atoms with Crippen molar-refractivity contribution in [1.29, 1.82) is 0 Å². The van der Waals surface area contributed by atoms with Crippen LogP contribution in [0.25, 0.3) is 10.9 Å². The first-order valence-electron chi connectivity index (χ1n) is 8.22. The highest BCUT2D eigenvalue weighted by Gasteiger charge is 2.32. The largest absolute Gasteiger partial charge is 0.477 e. The van der Waals surface area contributed by atoms with E-state index in [-0.39, 0.29) is 33.9 Å². The fraction of sp³-hybridized carbons (Fsp3) is 0.412. The number of benzene rings is 1. The Morgan fingerprint density at radius 1 is 1.36 bits per heavy atom. The van der Waals surface area contributed by atoms with Gasteiger partial charge in [0.25, 0.3) is 0 Å². The fourth-order valence-corrected chi connectivity index (χ4v) is 3.96. The third kappa shape index (κ3) is 2.49. The van der Waals surface area contributed by atoms with Crippen LogP contribution in [-0.2, 0) is 0 Å². The van der Waals surface area contributed by atoms with Crippen LogP contribution in [0.2, 0.25) is 5.02 Å². The van der Waals surface area contributed by atoms with Gasteiger partial charge in [0.15, 0.2) is 0 Å². The lowest BCUT2D eigenvalue weighted by Gasteiger charge is -2.26. The molecule has 1 atom stereocenters. The van der Waals surface area contributed by atoms with Crippen LogP contribution in [-0.4, -0.2) is 28.4 Å². The third-order valence-corrected chi connectivity index (χ3v) is 5.30. The van der Waals surface area contributed by atoms with Crippen LogP contribution in [0, 0.1) is 5.82 Å². The van der Waals surface area contributed by atoms with Crippen molar-refractivity contribution in [1.82, 2.24) is 4.57 Å². The molecule has 2 aromatic rings. The van der Waals surface area contributed by atoms with Gasteiger partial charge >= 0.3 is 5.97 Å². The van der Waals surface area contributed by atoms with Gasteiger partial charge in [-0.15, -0.1) is 0 Å². The van der Waals surface area contributed by atoms with E-state index in [2.05, 4.69) is 0 Å². The Labute approximate surface area is 147 Å². The molecule has 0 amide bonds. The molecule has 1 aromatic heterocycles. The van der Waals surface area contributed by atoms with Gasteiger partial charge in [-0.05, 0) is 31.7 Å². The number of aromatic nitrogens is 1. The second-order valence-corrected chi connectivity index (χ2v) is 7.01. The molecule has 6 nitrogen and oxygen atoms in total. The van der Waals surface area contributed by atoms with Crippen LogP contribution in [0.1, 0.15) is 42.1 Å². The van der Waals surface area contributed by atoms with Crippen molar-refractivity contribution in [3.05, 3.63) is 38.9 Å². The SMILES string of the molecule is NC1CCCN1c1c(F)cc2c(=O)c(C(=O)O)cn(C3CC3)c2c1Cl. The monoisotopic (exact) mass is 365 g/mol. The van der Waals surface area contributed by atoms with E-state index in [1.165, 1.54) is 6.20 Å². The molecule has 132 valence electrons. The summed E-state index contributed by atoms with van der Waals surface area (Å²) >= 11 is 6.53. The molecule has 1 aliphatic heterocycles. The molecule has 1 saturated heterocycles. The van der Waals surface area contributed by atoms with Crippen LogP contribution < -0.4 is 16.1 Å². The summed E-state index contributed by atoms with van der Waals surface area (Å²) in [6.45, 7) is 0.587. The molecule has 1 unspecified atom stereocenters. The van der Waals surface area contributed by atoms with Gasteiger partial charge in [0.05, 0.1) is 27.8 Å². The van der Waals surface area contributed by atoms with Crippen molar-refractivity contribution in [3.8, 4) is 0 Å². The number of nitrogens with zero attached hydrogens (tertiary/aromatic N) is 2. The van der Waals surface area contributed by atoms with Gasteiger partial charge in [-0.25, -0.2) is 9.18 Å². The van der Waals surface area contributed by atoms with Crippen LogP contribution in [0.3, 0.4) is 0 Å². The smallest absolute Gasteiger partial charge is 0.341 e. The average molecular weight is 366 g/mol. The van der Waals surface area contributed by atoms with Gasteiger partial charge in [0, 0.05) is 18.8 Å². The first-order valence-corrected chi connectivity index (χ1v) is 8.60. The minimum Gasteiger partial charge on any atom is -0.477 e. The van der Waals surface area contributed by atoms with Crippen molar-refractivity contribution in [2.75, 3.05) is 11.4 Å². The van der Waals surface area contributed by atoms with E-state index in [0.29, 0.717) is 12.1 Å². The molecular weight excluding hydrogens is 349 g/mol. The van der Waals surface area contributed by atoms with Crippen molar-refractivity contribution in [3.63, 3.8) is 0 Å². The molecule has 1 aliphatic carbocycles. The molecule has 2 fully saturated rings. The van der Waals surface area contributed by atoms with E-state index >= 15 is 0 Å².